The molecular weight excluding hydrogens is 368 g/mol. The summed E-state index contributed by atoms with van der Waals surface area (Å²) in [5, 5.41) is 2.82. The fourth-order valence-electron chi connectivity index (χ4n) is 4.15. The van der Waals surface area contributed by atoms with Crippen LogP contribution in [0.3, 0.4) is 0 Å². The SMILES string of the molecule is O=C(CCN1C(=O)C2CCCCC2C1=O)Nc1cccc(Oc2ccccc2)c1. The molecule has 29 heavy (non-hydrogen) atoms. The number of anilines is 1. The van der Waals surface area contributed by atoms with Crippen molar-refractivity contribution in [2.45, 2.75) is 32.1 Å². The summed E-state index contributed by atoms with van der Waals surface area (Å²) in [5.41, 5.74) is 0.608. The summed E-state index contributed by atoms with van der Waals surface area (Å²) >= 11 is 0. The first-order chi connectivity index (χ1) is 14.1. The molecular formula is C23H24N2O4. The van der Waals surface area contributed by atoms with E-state index in [1.54, 1.807) is 18.2 Å². The Morgan fingerprint density at radius 2 is 1.59 bits per heavy atom. The van der Waals surface area contributed by atoms with Crippen molar-refractivity contribution in [3.05, 3.63) is 54.6 Å². The number of amides is 3. The molecule has 0 spiro atoms. The van der Waals surface area contributed by atoms with E-state index in [0.29, 0.717) is 17.2 Å². The molecule has 1 aliphatic heterocycles. The number of benzene rings is 2. The van der Waals surface area contributed by atoms with Gasteiger partial charge in [0.25, 0.3) is 0 Å². The average molecular weight is 392 g/mol. The molecule has 6 nitrogen and oxygen atoms in total. The van der Waals surface area contributed by atoms with Crippen molar-refractivity contribution < 1.29 is 19.1 Å². The van der Waals surface area contributed by atoms with Crippen LogP contribution in [-0.2, 0) is 14.4 Å². The first-order valence-corrected chi connectivity index (χ1v) is 10.1. The summed E-state index contributed by atoms with van der Waals surface area (Å²) in [5.74, 6) is 0.526. The van der Waals surface area contributed by atoms with E-state index in [2.05, 4.69) is 5.32 Å². The molecule has 0 aromatic heterocycles. The maximum absolute atomic E-state index is 12.5. The van der Waals surface area contributed by atoms with Crippen molar-refractivity contribution in [3.8, 4) is 11.5 Å². The molecule has 3 amide bonds. The van der Waals surface area contributed by atoms with Crippen LogP contribution < -0.4 is 10.1 Å². The summed E-state index contributed by atoms with van der Waals surface area (Å²) in [4.78, 5) is 38.6. The average Bonchev–Trinajstić information content (AvgIpc) is 2.98. The Labute approximate surface area is 169 Å². The molecule has 0 radical (unpaired) electrons. The minimum absolute atomic E-state index is 0.0840. The molecule has 4 rings (SSSR count). The highest BCUT2D eigenvalue weighted by Crippen LogP contribution is 2.38. The minimum Gasteiger partial charge on any atom is -0.457 e. The van der Waals surface area contributed by atoms with Crippen molar-refractivity contribution in [3.63, 3.8) is 0 Å². The third kappa shape index (κ3) is 4.31. The Hall–Kier alpha value is -3.15. The van der Waals surface area contributed by atoms with Crippen LogP contribution >= 0.6 is 0 Å². The van der Waals surface area contributed by atoms with Crippen LogP contribution in [0.1, 0.15) is 32.1 Å². The molecule has 2 fully saturated rings. The van der Waals surface area contributed by atoms with Crippen molar-refractivity contribution >= 4 is 23.4 Å². The Bertz CT molecular complexity index is 888. The van der Waals surface area contributed by atoms with Gasteiger partial charge in [-0.15, -0.1) is 0 Å². The fraction of sp³-hybridized carbons (Fsp3) is 0.348. The number of imide groups is 1. The number of hydrogen-bond acceptors (Lipinski definition) is 4. The zero-order valence-corrected chi connectivity index (χ0v) is 16.2. The van der Waals surface area contributed by atoms with Gasteiger partial charge in [0, 0.05) is 24.7 Å². The maximum Gasteiger partial charge on any atom is 0.233 e. The highest BCUT2D eigenvalue weighted by atomic mass is 16.5. The molecule has 2 aromatic carbocycles. The fourth-order valence-corrected chi connectivity index (χ4v) is 4.15. The zero-order valence-electron chi connectivity index (χ0n) is 16.2. The predicted molar refractivity (Wildman–Crippen MR) is 108 cm³/mol. The second-order valence-corrected chi connectivity index (χ2v) is 7.57. The van der Waals surface area contributed by atoms with Crippen LogP contribution in [0.4, 0.5) is 5.69 Å². The minimum atomic E-state index is -0.239. The number of ether oxygens (including phenoxy) is 1. The van der Waals surface area contributed by atoms with E-state index in [1.807, 2.05) is 36.4 Å². The third-order valence-corrected chi connectivity index (χ3v) is 5.59. The molecule has 2 aliphatic rings. The molecule has 0 bridgehead atoms. The third-order valence-electron chi connectivity index (χ3n) is 5.59. The lowest BCUT2D eigenvalue weighted by Gasteiger charge is -2.19. The van der Waals surface area contributed by atoms with E-state index in [-0.39, 0.29) is 42.5 Å². The number of hydrogen-bond donors (Lipinski definition) is 1. The number of rotatable bonds is 6. The smallest absolute Gasteiger partial charge is 0.233 e. The van der Waals surface area contributed by atoms with E-state index in [1.165, 1.54) is 4.90 Å². The highest BCUT2D eigenvalue weighted by molar-refractivity contribution is 6.05. The Kier molecular flexibility index (Phi) is 5.60. The summed E-state index contributed by atoms with van der Waals surface area (Å²) in [6.45, 7) is 0.136. The molecule has 1 saturated heterocycles. The van der Waals surface area contributed by atoms with Crippen LogP contribution in [0, 0.1) is 11.8 Å². The molecule has 1 N–H and O–H groups in total. The normalized spacial score (nSPS) is 21.0. The van der Waals surface area contributed by atoms with Crippen LogP contribution in [-0.4, -0.2) is 29.2 Å². The molecule has 150 valence electrons. The molecule has 2 atom stereocenters. The van der Waals surface area contributed by atoms with Crippen molar-refractivity contribution in [1.29, 1.82) is 0 Å². The van der Waals surface area contributed by atoms with Gasteiger partial charge in [-0.2, -0.15) is 0 Å². The molecule has 2 aromatic rings. The van der Waals surface area contributed by atoms with Gasteiger partial charge in [0.05, 0.1) is 11.8 Å². The molecule has 1 saturated carbocycles. The Morgan fingerprint density at radius 1 is 0.931 bits per heavy atom. The molecule has 1 aliphatic carbocycles. The summed E-state index contributed by atoms with van der Waals surface area (Å²) in [6, 6.07) is 16.5. The first kappa shape index (κ1) is 19.2. The van der Waals surface area contributed by atoms with Crippen LogP contribution in [0.15, 0.2) is 54.6 Å². The van der Waals surface area contributed by atoms with Gasteiger partial charge in [-0.3, -0.25) is 19.3 Å². The number of nitrogens with zero attached hydrogens (tertiary/aromatic N) is 1. The summed E-state index contributed by atoms with van der Waals surface area (Å²) in [7, 11) is 0. The Morgan fingerprint density at radius 3 is 2.28 bits per heavy atom. The molecule has 6 heteroatoms. The second-order valence-electron chi connectivity index (χ2n) is 7.57. The van der Waals surface area contributed by atoms with E-state index < -0.39 is 0 Å². The van der Waals surface area contributed by atoms with Crippen LogP contribution in [0.5, 0.6) is 11.5 Å². The van der Waals surface area contributed by atoms with Crippen LogP contribution in [0.25, 0.3) is 0 Å². The topological polar surface area (TPSA) is 75.7 Å². The lowest BCUT2D eigenvalue weighted by Crippen LogP contribution is -2.34. The van der Waals surface area contributed by atoms with Gasteiger partial charge in [0.15, 0.2) is 0 Å². The van der Waals surface area contributed by atoms with Crippen molar-refractivity contribution in [1.82, 2.24) is 4.90 Å². The largest absolute Gasteiger partial charge is 0.457 e. The quantitative estimate of drug-likeness (QED) is 0.755. The molecule has 2 unspecified atom stereocenters. The van der Waals surface area contributed by atoms with Gasteiger partial charge in [-0.1, -0.05) is 37.1 Å². The van der Waals surface area contributed by atoms with E-state index in [4.69, 9.17) is 4.74 Å². The zero-order chi connectivity index (χ0) is 20.2. The number of nitrogens with one attached hydrogen (secondary N) is 1. The lowest BCUT2D eigenvalue weighted by atomic mass is 9.81. The number of fused-ring (bicyclic) bond motifs is 1. The van der Waals surface area contributed by atoms with E-state index in [0.717, 1.165) is 25.7 Å². The lowest BCUT2D eigenvalue weighted by molar-refractivity contribution is -0.140. The van der Waals surface area contributed by atoms with Gasteiger partial charge >= 0.3 is 0 Å². The van der Waals surface area contributed by atoms with Crippen molar-refractivity contribution in [2.24, 2.45) is 11.8 Å². The maximum atomic E-state index is 12.5. The molecule has 1 heterocycles. The number of carbonyl (C=O) groups is 3. The second kappa shape index (κ2) is 8.47. The number of likely N-dealkylation sites (tertiary alicyclic amines) is 1. The van der Waals surface area contributed by atoms with Gasteiger partial charge in [-0.25, -0.2) is 0 Å². The van der Waals surface area contributed by atoms with Gasteiger partial charge in [0.2, 0.25) is 17.7 Å². The standard InChI is InChI=1S/C23H24N2O4/c26-21(13-14-25-22(27)19-11-4-5-12-20(19)23(25)28)24-16-7-6-10-18(15-16)29-17-8-2-1-3-9-17/h1-3,6-10,15,19-20H,4-5,11-14H2,(H,24,26). The van der Waals surface area contributed by atoms with E-state index >= 15 is 0 Å². The van der Waals surface area contributed by atoms with Gasteiger partial charge < -0.3 is 10.1 Å². The Balaban J connectivity index is 1.32. The monoisotopic (exact) mass is 392 g/mol. The van der Waals surface area contributed by atoms with Crippen LogP contribution in [0.2, 0.25) is 0 Å². The van der Waals surface area contributed by atoms with E-state index in [9.17, 15) is 14.4 Å². The number of carbonyl (C=O) groups excluding carboxylic acids is 3. The predicted octanol–water partition coefficient (Wildman–Crippen LogP) is 3.98. The summed E-state index contributed by atoms with van der Waals surface area (Å²) in [6.07, 6.45) is 3.64. The van der Waals surface area contributed by atoms with Gasteiger partial charge in [-0.05, 0) is 37.1 Å². The van der Waals surface area contributed by atoms with Gasteiger partial charge in [0.1, 0.15) is 11.5 Å². The number of para-hydroxylation sites is 1. The summed E-state index contributed by atoms with van der Waals surface area (Å²) < 4.78 is 5.78. The first-order valence-electron chi connectivity index (χ1n) is 10.1. The van der Waals surface area contributed by atoms with Crippen molar-refractivity contribution in [2.75, 3.05) is 11.9 Å². The highest BCUT2D eigenvalue weighted by Gasteiger charge is 2.47.